The first-order chi connectivity index (χ1) is 11.2. The molecule has 1 saturated carbocycles. The Hall–Kier alpha value is -2.20. The van der Waals surface area contributed by atoms with Crippen molar-refractivity contribution in [3.63, 3.8) is 0 Å². The van der Waals surface area contributed by atoms with Crippen molar-refractivity contribution < 1.29 is 9.90 Å². The molecule has 1 aromatic heterocycles. The topological polar surface area (TPSA) is 62.2 Å². The number of amides is 1. The van der Waals surface area contributed by atoms with Gasteiger partial charge in [-0.2, -0.15) is 0 Å². The first-order valence-corrected chi connectivity index (χ1v) is 8.14. The first kappa shape index (κ1) is 15.7. The van der Waals surface area contributed by atoms with Gasteiger partial charge in [0.15, 0.2) is 0 Å². The van der Waals surface area contributed by atoms with Crippen LogP contribution in [0.4, 0.5) is 0 Å². The monoisotopic (exact) mass is 310 g/mol. The summed E-state index contributed by atoms with van der Waals surface area (Å²) in [5, 5.41) is 13.5. The summed E-state index contributed by atoms with van der Waals surface area (Å²) in [6, 6.07) is 15.2. The largest absolute Gasteiger partial charge is 0.389 e. The molecule has 0 bridgehead atoms. The highest BCUT2D eigenvalue weighted by Crippen LogP contribution is 2.32. The quantitative estimate of drug-likeness (QED) is 0.892. The predicted molar refractivity (Wildman–Crippen MR) is 88.7 cm³/mol. The van der Waals surface area contributed by atoms with Gasteiger partial charge in [-0.3, -0.25) is 9.78 Å². The van der Waals surface area contributed by atoms with Gasteiger partial charge in [0.2, 0.25) is 5.91 Å². The number of carbonyl (C=O) groups is 1. The zero-order chi connectivity index (χ0) is 16.1. The van der Waals surface area contributed by atoms with E-state index in [9.17, 15) is 9.90 Å². The summed E-state index contributed by atoms with van der Waals surface area (Å²) in [7, 11) is 0. The van der Waals surface area contributed by atoms with E-state index in [1.807, 2.05) is 48.5 Å². The summed E-state index contributed by atoms with van der Waals surface area (Å²) in [6.45, 7) is 0. The van der Waals surface area contributed by atoms with Gasteiger partial charge in [0, 0.05) is 6.20 Å². The Morgan fingerprint density at radius 1 is 1.13 bits per heavy atom. The fraction of sp³-hybridized carbons (Fsp3) is 0.368. The fourth-order valence-electron chi connectivity index (χ4n) is 3.24. The lowest BCUT2D eigenvalue weighted by atomic mass is 9.96. The highest BCUT2D eigenvalue weighted by atomic mass is 16.3. The number of rotatable bonds is 5. The van der Waals surface area contributed by atoms with E-state index in [1.54, 1.807) is 6.20 Å². The number of carbonyl (C=O) groups excluding carboxylic acids is 1. The van der Waals surface area contributed by atoms with Crippen molar-refractivity contribution in [3.8, 4) is 0 Å². The zero-order valence-electron chi connectivity index (χ0n) is 13.1. The average Bonchev–Trinajstić information content (AvgIpc) is 3.00. The lowest BCUT2D eigenvalue weighted by Crippen LogP contribution is -2.37. The number of hydrogen-bond acceptors (Lipinski definition) is 3. The number of aliphatic hydroxyl groups is 1. The van der Waals surface area contributed by atoms with E-state index in [4.69, 9.17) is 0 Å². The molecule has 0 radical (unpaired) electrons. The molecule has 2 aromatic rings. The van der Waals surface area contributed by atoms with Crippen molar-refractivity contribution in [3.05, 3.63) is 66.0 Å². The van der Waals surface area contributed by atoms with Gasteiger partial charge in [0.05, 0.1) is 23.8 Å². The van der Waals surface area contributed by atoms with Crippen LogP contribution in [0.25, 0.3) is 0 Å². The third kappa shape index (κ3) is 3.96. The van der Waals surface area contributed by atoms with Crippen LogP contribution in [-0.4, -0.2) is 21.6 Å². The fourth-order valence-corrected chi connectivity index (χ4v) is 3.24. The molecule has 1 aromatic carbocycles. The highest BCUT2D eigenvalue weighted by Gasteiger charge is 2.34. The molecule has 2 N–H and O–H groups in total. The number of nitrogens with one attached hydrogen (secondary N) is 1. The summed E-state index contributed by atoms with van der Waals surface area (Å²) >= 11 is 0. The lowest BCUT2D eigenvalue weighted by molar-refractivity contribution is -0.126. The Kier molecular flexibility index (Phi) is 4.72. The molecule has 4 heteroatoms. The molecule has 0 aliphatic heterocycles. The number of aromatic nitrogens is 1. The van der Waals surface area contributed by atoms with Crippen LogP contribution in [0.2, 0.25) is 0 Å². The Morgan fingerprint density at radius 2 is 1.83 bits per heavy atom. The molecule has 3 rings (SSSR count). The molecule has 0 unspecified atom stereocenters. The normalized spacial score (nSPS) is 17.6. The van der Waals surface area contributed by atoms with Crippen LogP contribution in [0.15, 0.2) is 54.7 Å². The second-order valence-corrected chi connectivity index (χ2v) is 6.27. The summed E-state index contributed by atoms with van der Waals surface area (Å²) in [5.74, 6) is -0.131. The Labute approximate surface area is 136 Å². The van der Waals surface area contributed by atoms with Gasteiger partial charge in [-0.05, 0) is 30.5 Å². The first-order valence-electron chi connectivity index (χ1n) is 8.14. The molecule has 1 atom stereocenters. The van der Waals surface area contributed by atoms with Crippen LogP contribution in [-0.2, 0) is 4.79 Å². The Balaban J connectivity index is 1.78. The number of hydrogen-bond donors (Lipinski definition) is 2. The van der Waals surface area contributed by atoms with E-state index in [0.29, 0.717) is 12.8 Å². The van der Waals surface area contributed by atoms with Crippen LogP contribution in [0, 0.1) is 0 Å². The van der Waals surface area contributed by atoms with Crippen molar-refractivity contribution >= 4 is 5.91 Å². The predicted octanol–water partition coefficient (Wildman–Crippen LogP) is 2.98. The van der Waals surface area contributed by atoms with E-state index in [0.717, 1.165) is 24.1 Å². The standard InChI is InChI=1S/C19H22N2O2/c22-17(14-19(23)11-5-6-12-19)21-18(15-8-2-1-3-9-15)16-10-4-7-13-20-16/h1-4,7-10,13,18,23H,5-6,11-12,14H2,(H,21,22)/t18-/m1/s1. The summed E-state index contributed by atoms with van der Waals surface area (Å²) in [5.41, 5.74) is 0.943. The van der Waals surface area contributed by atoms with Crippen LogP contribution in [0.3, 0.4) is 0 Å². The minimum Gasteiger partial charge on any atom is -0.389 e. The molecule has 4 nitrogen and oxygen atoms in total. The third-order valence-corrected chi connectivity index (χ3v) is 4.45. The maximum atomic E-state index is 12.5. The van der Waals surface area contributed by atoms with Gasteiger partial charge in [0.1, 0.15) is 0 Å². The molecule has 1 heterocycles. The van der Waals surface area contributed by atoms with E-state index in [1.165, 1.54) is 0 Å². The molecule has 1 fully saturated rings. The number of nitrogens with zero attached hydrogens (tertiary/aromatic N) is 1. The van der Waals surface area contributed by atoms with E-state index in [-0.39, 0.29) is 18.4 Å². The summed E-state index contributed by atoms with van der Waals surface area (Å²) < 4.78 is 0. The van der Waals surface area contributed by atoms with Gasteiger partial charge in [0.25, 0.3) is 0 Å². The lowest BCUT2D eigenvalue weighted by Gasteiger charge is -2.24. The molecule has 0 saturated heterocycles. The van der Waals surface area contributed by atoms with Crippen LogP contribution in [0.5, 0.6) is 0 Å². The minimum absolute atomic E-state index is 0.131. The van der Waals surface area contributed by atoms with Crippen molar-refractivity contribution in [2.24, 2.45) is 0 Å². The van der Waals surface area contributed by atoms with E-state index in [2.05, 4.69) is 10.3 Å². The number of pyridine rings is 1. The van der Waals surface area contributed by atoms with Crippen molar-refractivity contribution in [1.29, 1.82) is 0 Å². The molecular formula is C19H22N2O2. The number of benzene rings is 1. The van der Waals surface area contributed by atoms with E-state index < -0.39 is 5.60 Å². The highest BCUT2D eigenvalue weighted by molar-refractivity contribution is 5.78. The van der Waals surface area contributed by atoms with Gasteiger partial charge in [-0.15, -0.1) is 0 Å². The maximum Gasteiger partial charge on any atom is 0.223 e. The van der Waals surface area contributed by atoms with Gasteiger partial charge < -0.3 is 10.4 Å². The second kappa shape index (κ2) is 6.92. The van der Waals surface area contributed by atoms with Crippen molar-refractivity contribution in [1.82, 2.24) is 10.3 Å². The Morgan fingerprint density at radius 3 is 2.48 bits per heavy atom. The molecular weight excluding hydrogens is 288 g/mol. The molecule has 120 valence electrons. The summed E-state index contributed by atoms with van der Waals surface area (Å²) in [4.78, 5) is 16.8. The van der Waals surface area contributed by atoms with Gasteiger partial charge >= 0.3 is 0 Å². The van der Waals surface area contributed by atoms with Crippen molar-refractivity contribution in [2.75, 3.05) is 0 Å². The Bertz CT molecular complexity index is 597. The minimum atomic E-state index is -0.838. The van der Waals surface area contributed by atoms with Crippen LogP contribution in [0.1, 0.15) is 49.4 Å². The smallest absolute Gasteiger partial charge is 0.223 e. The van der Waals surface area contributed by atoms with Gasteiger partial charge in [-0.25, -0.2) is 0 Å². The SMILES string of the molecule is O=C(CC1(O)CCCC1)N[C@H](c1ccccc1)c1ccccn1. The maximum absolute atomic E-state index is 12.5. The second-order valence-electron chi connectivity index (χ2n) is 6.27. The molecule has 23 heavy (non-hydrogen) atoms. The van der Waals surface area contributed by atoms with Gasteiger partial charge in [-0.1, -0.05) is 49.2 Å². The van der Waals surface area contributed by atoms with Crippen molar-refractivity contribution in [2.45, 2.75) is 43.7 Å². The summed E-state index contributed by atoms with van der Waals surface area (Å²) in [6.07, 6.45) is 5.28. The van der Waals surface area contributed by atoms with Crippen LogP contribution >= 0.6 is 0 Å². The van der Waals surface area contributed by atoms with E-state index >= 15 is 0 Å². The molecule has 1 aliphatic rings. The average molecular weight is 310 g/mol. The molecule has 0 spiro atoms. The zero-order valence-corrected chi connectivity index (χ0v) is 13.1. The molecule has 1 amide bonds. The molecule has 1 aliphatic carbocycles. The third-order valence-electron chi connectivity index (χ3n) is 4.45. The van der Waals surface area contributed by atoms with Crippen LogP contribution < -0.4 is 5.32 Å².